The minimum atomic E-state index is -0.455. The molecule has 128 valence electrons. The summed E-state index contributed by atoms with van der Waals surface area (Å²) in [6.45, 7) is 3.80. The smallest absolute Gasteiger partial charge is 0.266 e. The van der Waals surface area contributed by atoms with Crippen LogP contribution in [0.1, 0.15) is 18.2 Å². The fraction of sp³-hybridized carbons (Fsp3) is 0.235. The van der Waals surface area contributed by atoms with Crippen LogP contribution in [0, 0.1) is 29.6 Å². The van der Waals surface area contributed by atoms with E-state index in [1.54, 1.807) is 19.1 Å². The number of benzene rings is 1. The van der Waals surface area contributed by atoms with Gasteiger partial charge in [0.05, 0.1) is 11.1 Å². The zero-order chi connectivity index (χ0) is 18.6. The molecule has 0 spiro atoms. The molecule has 0 bridgehead atoms. The molecular weight excluding hydrogens is 454 g/mol. The second kappa shape index (κ2) is 8.19. The van der Waals surface area contributed by atoms with Crippen LogP contribution in [0.5, 0.6) is 11.5 Å². The summed E-state index contributed by atoms with van der Waals surface area (Å²) in [7, 11) is 0. The van der Waals surface area contributed by atoms with Crippen molar-refractivity contribution >= 4 is 31.9 Å². The quantitative estimate of drug-likeness (QED) is 0.716. The van der Waals surface area contributed by atoms with Crippen molar-refractivity contribution in [3.05, 3.63) is 42.7 Å². The molecule has 25 heavy (non-hydrogen) atoms. The second-order valence-corrected chi connectivity index (χ2v) is 6.53. The molecule has 0 amide bonds. The van der Waals surface area contributed by atoms with Gasteiger partial charge in [-0.05, 0) is 57.8 Å². The van der Waals surface area contributed by atoms with Crippen LogP contribution in [-0.4, -0.2) is 18.2 Å². The topological polar surface area (TPSA) is 98.9 Å². The van der Waals surface area contributed by atoms with E-state index < -0.39 is 5.56 Å². The molecule has 1 aromatic heterocycles. The number of ether oxygens (including phenoxy) is 2. The molecule has 0 fully saturated rings. The van der Waals surface area contributed by atoms with Crippen molar-refractivity contribution in [3.63, 3.8) is 0 Å². The summed E-state index contributed by atoms with van der Waals surface area (Å²) in [5.41, 5.74) is 1.26. The normalized spacial score (nSPS) is 10.0. The fourth-order valence-corrected chi connectivity index (χ4v) is 3.33. The van der Waals surface area contributed by atoms with Gasteiger partial charge in [-0.1, -0.05) is 0 Å². The van der Waals surface area contributed by atoms with E-state index in [4.69, 9.17) is 14.7 Å². The van der Waals surface area contributed by atoms with E-state index in [9.17, 15) is 10.1 Å². The van der Waals surface area contributed by atoms with Crippen LogP contribution >= 0.6 is 31.9 Å². The third kappa shape index (κ3) is 3.87. The largest absolute Gasteiger partial charge is 0.490 e. The molecular formula is C17H13Br2N3O3. The van der Waals surface area contributed by atoms with Crippen molar-refractivity contribution in [2.45, 2.75) is 13.8 Å². The maximum absolute atomic E-state index is 12.1. The van der Waals surface area contributed by atoms with Gasteiger partial charge in [0.25, 0.3) is 5.56 Å². The summed E-state index contributed by atoms with van der Waals surface area (Å²) in [5, 5.41) is 18.1. The number of H-pyrrole nitrogens is 1. The minimum absolute atomic E-state index is 0.00587. The number of hydrogen-bond donors (Lipinski definition) is 1. The number of rotatable bonds is 5. The number of aromatic amines is 1. The number of hydrogen-bond acceptors (Lipinski definition) is 5. The second-order valence-electron chi connectivity index (χ2n) is 4.94. The lowest BCUT2D eigenvalue weighted by Gasteiger charge is -2.17. The highest BCUT2D eigenvalue weighted by atomic mass is 79.9. The van der Waals surface area contributed by atoms with Crippen molar-refractivity contribution in [1.82, 2.24) is 4.98 Å². The third-order valence-corrected chi connectivity index (χ3v) is 5.39. The van der Waals surface area contributed by atoms with Crippen LogP contribution in [0.2, 0.25) is 0 Å². The van der Waals surface area contributed by atoms with Crippen molar-refractivity contribution in [1.29, 1.82) is 10.5 Å². The monoisotopic (exact) mass is 465 g/mol. The Labute approximate surface area is 161 Å². The minimum Gasteiger partial charge on any atom is -0.490 e. The zero-order valence-electron chi connectivity index (χ0n) is 13.4. The molecule has 0 saturated heterocycles. The van der Waals surface area contributed by atoms with Crippen LogP contribution in [0.4, 0.5) is 0 Å². The molecule has 8 heteroatoms. The molecule has 1 heterocycles. The van der Waals surface area contributed by atoms with Gasteiger partial charge in [-0.3, -0.25) is 4.79 Å². The van der Waals surface area contributed by atoms with Crippen LogP contribution in [0.15, 0.2) is 25.9 Å². The molecule has 0 saturated carbocycles. The Morgan fingerprint density at radius 1 is 1.16 bits per heavy atom. The van der Waals surface area contributed by atoms with Crippen molar-refractivity contribution < 1.29 is 9.47 Å². The Morgan fingerprint density at radius 2 is 1.88 bits per heavy atom. The number of nitriles is 2. The third-order valence-electron chi connectivity index (χ3n) is 3.28. The lowest BCUT2D eigenvalue weighted by Crippen LogP contribution is -2.13. The Morgan fingerprint density at radius 3 is 2.48 bits per heavy atom. The lowest BCUT2D eigenvalue weighted by atomic mass is 10.0. The molecule has 2 rings (SSSR count). The summed E-state index contributed by atoms with van der Waals surface area (Å²) in [5.74, 6) is 0.781. The molecule has 0 atom stereocenters. The number of aromatic nitrogens is 1. The summed E-state index contributed by atoms with van der Waals surface area (Å²) >= 11 is 6.90. The van der Waals surface area contributed by atoms with Gasteiger partial charge in [0, 0.05) is 21.3 Å². The Balaban J connectivity index is 2.79. The molecule has 0 aliphatic carbocycles. The standard InChI is InChI=1S/C17H13Br2N3O3/c1-3-24-13-7-11(14(18)15(19)16(13)25-5-4-20)10-6-9(2)22-17(23)12(10)8-21/h6-7H,3,5H2,1-2H3,(H,22,23). The predicted molar refractivity (Wildman–Crippen MR) is 99.6 cm³/mol. The summed E-state index contributed by atoms with van der Waals surface area (Å²) in [6, 6.07) is 7.25. The number of nitrogens with zero attached hydrogens (tertiary/aromatic N) is 2. The highest BCUT2D eigenvalue weighted by Gasteiger charge is 2.21. The SMILES string of the molecule is CCOc1cc(-c2cc(C)[nH]c(=O)c2C#N)c(Br)c(Br)c1OCC#N. The highest BCUT2D eigenvalue weighted by Crippen LogP contribution is 2.46. The van der Waals surface area contributed by atoms with Crippen LogP contribution < -0.4 is 15.0 Å². The molecule has 0 radical (unpaired) electrons. The van der Waals surface area contributed by atoms with E-state index in [1.807, 2.05) is 19.1 Å². The Hall–Kier alpha value is -2.29. The van der Waals surface area contributed by atoms with E-state index in [-0.39, 0.29) is 12.2 Å². The van der Waals surface area contributed by atoms with E-state index in [0.717, 1.165) is 0 Å². The van der Waals surface area contributed by atoms with E-state index in [1.165, 1.54) is 0 Å². The van der Waals surface area contributed by atoms with Gasteiger partial charge >= 0.3 is 0 Å². The predicted octanol–water partition coefficient (Wildman–Crippen LogP) is 4.05. The first-order valence-electron chi connectivity index (χ1n) is 7.23. The highest BCUT2D eigenvalue weighted by molar-refractivity contribution is 9.13. The summed E-state index contributed by atoms with van der Waals surface area (Å²) < 4.78 is 12.2. The van der Waals surface area contributed by atoms with E-state index in [0.29, 0.717) is 43.9 Å². The molecule has 2 aromatic rings. The molecule has 0 unspecified atom stereocenters. The molecule has 0 aliphatic heterocycles. The van der Waals surface area contributed by atoms with E-state index in [2.05, 4.69) is 36.8 Å². The number of nitrogens with one attached hydrogen (secondary N) is 1. The van der Waals surface area contributed by atoms with Crippen molar-refractivity contribution in [2.24, 2.45) is 0 Å². The Bertz CT molecular complexity index is 956. The van der Waals surface area contributed by atoms with E-state index >= 15 is 0 Å². The van der Waals surface area contributed by atoms with Gasteiger partial charge in [-0.15, -0.1) is 0 Å². The summed E-state index contributed by atoms with van der Waals surface area (Å²) in [6.07, 6.45) is 0. The Kier molecular flexibility index (Phi) is 6.24. The van der Waals surface area contributed by atoms with Crippen LogP contribution in [-0.2, 0) is 0 Å². The molecule has 6 nitrogen and oxygen atoms in total. The molecule has 1 aromatic carbocycles. The van der Waals surface area contributed by atoms with Gasteiger partial charge < -0.3 is 14.5 Å². The first-order chi connectivity index (χ1) is 11.9. The average Bonchev–Trinajstić information content (AvgIpc) is 2.57. The van der Waals surface area contributed by atoms with Gasteiger partial charge in [0.15, 0.2) is 18.1 Å². The lowest BCUT2D eigenvalue weighted by molar-refractivity contribution is 0.297. The molecule has 1 N–H and O–H groups in total. The van der Waals surface area contributed by atoms with Crippen molar-refractivity contribution in [2.75, 3.05) is 13.2 Å². The number of halogens is 2. The van der Waals surface area contributed by atoms with Gasteiger partial charge in [-0.2, -0.15) is 10.5 Å². The van der Waals surface area contributed by atoms with Gasteiger partial charge in [0.2, 0.25) is 0 Å². The average molecular weight is 467 g/mol. The molecule has 0 aliphatic rings. The number of aryl methyl sites for hydroxylation is 1. The fourth-order valence-electron chi connectivity index (χ4n) is 2.30. The maximum Gasteiger partial charge on any atom is 0.266 e. The first kappa shape index (κ1) is 19.0. The van der Waals surface area contributed by atoms with Crippen molar-refractivity contribution in [3.8, 4) is 34.8 Å². The maximum atomic E-state index is 12.1. The zero-order valence-corrected chi connectivity index (χ0v) is 16.6. The number of pyridine rings is 1. The summed E-state index contributed by atoms with van der Waals surface area (Å²) in [4.78, 5) is 14.7. The van der Waals surface area contributed by atoms with Crippen LogP contribution in [0.3, 0.4) is 0 Å². The first-order valence-corrected chi connectivity index (χ1v) is 8.82. The van der Waals surface area contributed by atoms with Gasteiger partial charge in [-0.25, -0.2) is 0 Å². The van der Waals surface area contributed by atoms with Gasteiger partial charge in [0.1, 0.15) is 17.7 Å². The van der Waals surface area contributed by atoms with Crippen LogP contribution in [0.25, 0.3) is 11.1 Å².